The van der Waals surface area contributed by atoms with Crippen molar-refractivity contribution in [1.29, 1.82) is 0 Å². The predicted octanol–water partition coefficient (Wildman–Crippen LogP) is 4.70. The number of carboxylic acid groups (broad SMARTS) is 1. The summed E-state index contributed by atoms with van der Waals surface area (Å²) in [5.41, 5.74) is 0. The molecule has 7 heteroatoms. The fourth-order valence-electron chi connectivity index (χ4n) is 1.98. The summed E-state index contributed by atoms with van der Waals surface area (Å²) in [5.74, 6) is -0.992. The number of aliphatic carboxylic acids is 1. The van der Waals surface area contributed by atoms with Gasteiger partial charge < -0.3 is 5.11 Å². The quantitative estimate of drug-likeness (QED) is 0.263. The maximum atomic E-state index is 11.9. The van der Waals surface area contributed by atoms with Crippen LogP contribution in [0.25, 0.3) is 0 Å². The van der Waals surface area contributed by atoms with E-state index in [0.29, 0.717) is 16.5 Å². The van der Waals surface area contributed by atoms with Crippen molar-refractivity contribution in [3.05, 3.63) is 0 Å². The first kappa shape index (κ1) is 22.1. The molecule has 0 saturated heterocycles. The lowest BCUT2D eigenvalue weighted by Gasteiger charge is -2.17. The molecule has 1 unspecified atom stereocenters. The largest absolute Gasteiger partial charge is 0.479 e. The molecule has 0 fully saturated rings. The highest BCUT2D eigenvalue weighted by Gasteiger charge is 2.43. The monoisotopic (exact) mass is 370 g/mol. The van der Waals surface area contributed by atoms with E-state index in [9.17, 15) is 13.2 Å². The lowest BCUT2D eigenvalue weighted by atomic mass is 10.1. The second-order valence-corrected chi connectivity index (χ2v) is 11.3. The molecule has 0 aliphatic heterocycles. The van der Waals surface area contributed by atoms with Gasteiger partial charge in [0.25, 0.3) is 0 Å². The lowest BCUT2D eigenvalue weighted by Crippen LogP contribution is -2.36. The molecule has 0 aliphatic carbocycles. The summed E-state index contributed by atoms with van der Waals surface area (Å²) in [5, 5.41) is 8.89. The number of hydrogen-bond acceptors (Lipinski definition) is 5. The van der Waals surface area contributed by atoms with Crippen LogP contribution in [0, 0.1) is 0 Å². The predicted molar refractivity (Wildman–Crippen MR) is 98.2 cm³/mol. The number of rotatable bonds is 14. The first-order valence-corrected chi connectivity index (χ1v) is 11.5. The fraction of sp³-hybridized carbons (Fsp3) is 0.933. The molecule has 1 atom stereocenters. The zero-order valence-corrected chi connectivity index (χ0v) is 16.2. The van der Waals surface area contributed by atoms with Crippen molar-refractivity contribution in [3.8, 4) is 0 Å². The summed E-state index contributed by atoms with van der Waals surface area (Å²) in [4.78, 5) is 10.9. The first-order chi connectivity index (χ1) is 10.3. The average Bonchev–Trinajstić information content (AvgIpc) is 2.44. The summed E-state index contributed by atoms with van der Waals surface area (Å²) in [7, 11) is -3.08. The van der Waals surface area contributed by atoms with Gasteiger partial charge in [-0.2, -0.15) is 0 Å². The molecule has 1 N–H and O–H groups in total. The zero-order valence-electron chi connectivity index (χ0n) is 13.7. The Morgan fingerprint density at radius 2 is 1.41 bits per heavy atom. The molecule has 0 amide bonds. The Kier molecular flexibility index (Phi) is 11.7. The number of carbonyl (C=O) groups is 1. The van der Waals surface area contributed by atoms with Crippen LogP contribution in [0.5, 0.6) is 0 Å². The maximum Gasteiger partial charge on any atom is 0.335 e. The number of thiol groups is 1. The van der Waals surface area contributed by atoms with Gasteiger partial charge in [0.2, 0.25) is 12.9 Å². The minimum atomic E-state index is -3.79. The molecular weight excluding hydrogens is 340 g/mol. The van der Waals surface area contributed by atoms with Gasteiger partial charge in [-0.3, -0.25) is 0 Å². The Morgan fingerprint density at radius 3 is 1.82 bits per heavy atom. The minimum absolute atomic E-state index is 0.433. The van der Waals surface area contributed by atoms with Crippen molar-refractivity contribution in [2.45, 2.75) is 82.1 Å². The van der Waals surface area contributed by atoms with Crippen LogP contribution in [0.1, 0.15) is 78.1 Å². The van der Waals surface area contributed by atoms with Crippen LogP contribution in [-0.4, -0.2) is 29.3 Å². The number of carboxylic acids is 1. The second-order valence-electron chi connectivity index (χ2n) is 5.75. The average molecular weight is 371 g/mol. The van der Waals surface area contributed by atoms with Crippen LogP contribution in [0.3, 0.4) is 0 Å². The highest BCUT2D eigenvalue weighted by Crippen LogP contribution is 2.32. The molecule has 0 radical (unpaired) electrons. The van der Waals surface area contributed by atoms with E-state index in [1.165, 1.54) is 44.9 Å². The van der Waals surface area contributed by atoms with E-state index in [1.54, 1.807) is 0 Å². The van der Waals surface area contributed by atoms with Crippen LogP contribution >= 0.6 is 23.4 Å². The topological polar surface area (TPSA) is 71.4 Å². The Bertz CT molecular complexity index is 405. The third-order valence-corrected chi connectivity index (χ3v) is 9.25. The Morgan fingerprint density at radius 1 is 1.00 bits per heavy atom. The van der Waals surface area contributed by atoms with Crippen molar-refractivity contribution in [2.75, 3.05) is 5.75 Å². The SMILES string of the molecule is CCCCCCCCCCCCSS(=O)(=O)C(C)(S)C(=O)O. The van der Waals surface area contributed by atoms with Gasteiger partial charge in [0.15, 0.2) is 0 Å². The summed E-state index contributed by atoms with van der Waals surface area (Å²) < 4.78 is 21.7. The Labute approximate surface area is 144 Å². The highest BCUT2D eigenvalue weighted by atomic mass is 33.1. The maximum absolute atomic E-state index is 11.9. The molecule has 0 aliphatic rings. The van der Waals surface area contributed by atoms with Crippen LogP contribution in [0.15, 0.2) is 0 Å². The van der Waals surface area contributed by atoms with E-state index in [1.807, 2.05) is 0 Å². The molecular formula is C15H30O4S3. The third kappa shape index (κ3) is 8.67. The van der Waals surface area contributed by atoms with Crippen molar-refractivity contribution in [3.63, 3.8) is 0 Å². The molecule has 0 saturated carbocycles. The molecule has 0 bridgehead atoms. The summed E-state index contributed by atoms with van der Waals surface area (Å²) in [6.07, 6.45) is 11.9. The lowest BCUT2D eigenvalue weighted by molar-refractivity contribution is -0.137. The van der Waals surface area contributed by atoms with Gasteiger partial charge in [-0.05, 0) is 24.1 Å². The van der Waals surface area contributed by atoms with Crippen molar-refractivity contribution in [1.82, 2.24) is 0 Å². The standard InChI is InChI=1S/C15H30O4S3/c1-3-4-5-6-7-8-9-10-11-12-13-21-22(18,19)15(2,20)14(16)17/h20H,3-13H2,1-2H3,(H,16,17). The van der Waals surface area contributed by atoms with Gasteiger partial charge in [0.05, 0.1) is 0 Å². The summed E-state index contributed by atoms with van der Waals surface area (Å²) >= 11 is 3.76. The third-order valence-electron chi connectivity index (χ3n) is 3.62. The number of hydrogen-bond donors (Lipinski definition) is 2. The van der Waals surface area contributed by atoms with Gasteiger partial charge in [0, 0.05) is 5.75 Å². The van der Waals surface area contributed by atoms with Gasteiger partial charge >= 0.3 is 5.97 Å². The van der Waals surface area contributed by atoms with Crippen LogP contribution < -0.4 is 0 Å². The zero-order chi connectivity index (χ0) is 17.1. The molecule has 0 heterocycles. The van der Waals surface area contributed by atoms with Crippen molar-refractivity contribution in [2.24, 2.45) is 0 Å². The van der Waals surface area contributed by atoms with E-state index >= 15 is 0 Å². The van der Waals surface area contributed by atoms with Gasteiger partial charge in [-0.15, -0.1) is 12.6 Å². The van der Waals surface area contributed by atoms with E-state index in [2.05, 4.69) is 19.6 Å². The molecule has 22 heavy (non-hydrogen) atoms. The minimum Gasteiger partial charge on any atom is -0.479 e. The molecule has 0 spiro atoms. The van der Waals surface area contributed by atoms with Gasteiger partial charge in [0.1, 0.15) is 0 Å². The Balaban J connectivity index is 3.64. The van der Waals surface area contributed by atoms with E-state index in [4.69, 9.17) is 5.11 Å². The van der Waals surface area contributed by atoms with Crippen LogP contribution in [0.2, 0.25) is 0 Å². The Hall–Kier alpha value is 0.120. The summed E-state index contributed by atoms with van der Waals surface area (Å²) in [6, 6.07) is 0. The fourth-order valence-corrected chi connectivity index (χ4v) is 5.35. The number of unbranched alkanes of at least 4 members (excludes halogenated alkanes) is 9. The first-order valence-electron chi connectivity index (χ1n) is 8.10. The summed E-state index contributed by atoms with van der Waals surface area (Å²) in [6.45, 7) is 3.32. The molecule has 132 valence electrons. The smallest absolute Gasteiger partial charge is 0.335 e. The molecule has 0 aromatic rings. The molecule has 0 rings (SSSR count). The van der Waals surface area contributed by atoms with Crippen LogP contribution in [-0.2, 0) is 13.7 Å². The van der Waals surface area contributed by atoms with E-state index in [-0.39, 0.29) is 0 Å². The van der Waals surface area contributed by atoms with Crippen molar-refractivity contribution >= 4 is 38.3 Å². The van der Waals surface area contributed by atoms with E-state index in [0.717, 1.165) is 26.2 Å². The van der Waals surface area contributed by atoms with Crippen molar-refractivity contribution < 1.29 is 18.3 Å². The van der Waals surface area contributed by atoms with Gasteiger partial charge in [-0.1, -0.05) is 64.7 Å². The molecule has 0 aromatic heterocycles. The highest BCUT2D eigenvalue weighted by molar-refractivity contribution is 8.74. The second kappa shape index (κ2) is 11.6. The molecule has 0 aromatic carbocycles. The molecule has 4 nitrogen and oxygen atoms in total. The van der Waals surface area contributed by atoms with Gasteiger partial charge in [-0.25, -0.2) is 13.2 Å². The van der Waals surface area contributed by atoms with E-state index < -0.39 is 18.9 Å². The normalized spacial score (nSPS) is 14.7. The van der Waals surface area contributed by atoms with Crippen LogP contribution in [0.4, 0.5) is 0 Å².